The molecule has 0 radical (unpaired) electrons. The van der Waals surface area contributed by atoms with Gasteiger partial charge in [-0.25, -0.2) is 0 Å². The van der Waals surface area contributed by atoms with Gasteiger partial charge in [-0.2, -0.15) is 11.3 Å². The van der Waals surface area contributed by atoms with Crippen molar-refractivity contribution >= 4 is 11.3 Å². The van der Waals surface area contributed by atoms with Crippen LogP contribution in [0.25, 0.3) is 0 Å². The van der Waals surface area contributed by atoms with Gasteiger partial charge < -0.3 is 4.42 Å². The zero-order chi connectivity index (χ0) is 13.4. The number of hydrogen-bond acceptors (Lipinski definition) is 4. The summed E-state index contributed by atoms with van der Waals surface area (Å²) in [6.45, 7) is 7.08. The van der Waals surface area contributed by atoms with Crippen LogP contribution in [-0.4, -0.2) is 36.0 Å². The lowest BCUT2D eigenvalue weighted by Crippen LogP contribution is -2.56. The van der Waals surface area contributed by atoms with Gasteiger partial charge in [0.1, 0.15) is 5.76 Å². The lowest BCUT2D eigenvalue weighted by Gasteiger charge is -2.48. The number of thiophene rings is 1. The van der Waals surface area contributed by atoms with E-state index in [1.165, 1.54) is 38.2 Å². The van der Waals surface area contributed by atoms with Crippen molar-refractivity contribution in [2.45, 2.75) is 19.5 Å². The highest BCUT2D eigenvalue weighted by Gasteiger charge is 2.47. The van der Waals surface area contributed by atoms with Crippen molar-refractivity contribution in [2.75, 3.05) is 26.2 Å². The van der Waals surface area contributed by atoms with E-state index in [9.17, 15) is 0 Å². The Kier molecular flexibility index (Phi) is 3.17. The molecule has 2 fully saturated rings. The third-order valence-corrected chi connectivity index (χ3v) is 5.31. The molecule has 0 saturated carbocycles. The van der Waals surface area contributed by atoms with Crippen LogP contribution < -0.4 is 0 Å². The minimum absolute atomic E-state index is 0.558. The molecule has 2 aliphatic rings. The first-order valence-electron chi connectivity index (χ1n) is 7.30. The second kappa shape index (κ2) is 5.02. The number of nitrogens with zero attached hydrogens (tertiary/aromatic N) is 2. The van der Waals surface area contributed by atoms with Crippen LogP contribution in [0.5, 0.6) is 0 Å². The first-order valence-corrected chi connectivity index (χ1v) is 8.24. The summed E-state index contributed by atoms with van der Waals surface area (Å²) >= 11 is 1.80. The monoisotopic (exact) mass is 288 g/mol. The molecular weight excluding hydrogens is 268 g/mol. The largest absolute Gasteiger partial charge is 0.468 e. The molecule has 2 saturated heterocycles. The molecule has 0 bridgehead atoms. The molecule has 0 aromatic carbocycles. The molecule has 0 unspecified atom stereocenters. The quantitative estimate of drug-likeness (QED) is 0.862. The van der Waals surface area contributed by atoms with E-state index >= 15 is 0 Å². The Morgan fingerprint density at radius 2 is 2.05 bits per heavy atom. The van der Waals surface area contributed by atoms with E-state index in [2.05, 4.69) is 32.7 Å². The summed E-state index contributed by atoms with van der Waals surface area (Å²) in [5.74, 6) is 1.09. The fraction of sp³-hybridized carbons (Fsp3) is 0.500. The zero-order valence-electron chi connectivity index (χ0n) is 11.6. The van der Waals surface area contributed by atoms with Crippen LogP contribution in [0.3, 0.4) is 0 Å². The van der Waals surface area contributed by atoms with Crippen LogP contribution in [0.1, 0.15) is 17.7 Å². The molecule has 2 aliphatic heterocycles. The van der Waals surface area contributed by atoms with Crippen LogP contribution in [0.4, 0.5) is 0 Å². The topological polar surface area (TPSA) is 19.6 Å². The summed E-state index contributed by atoms with van der Waals surface area (Å²) in [6, 6.07) is 6.30. The van der Waals surface area contributed by atoms with Gasteiger partial charge in [0.05, 0.1) is 12.8 Å². The van der Waals surface area contributed by atoms with Gasteiger partial charge in [0.2, 0.25) is 0 Å². The molecule has 3 nitrogen and oxygen atoms in total. The van der Waals surface area contributed by atoms with E-state index in [0.29, 0.717) is 5.41 Å². The van der Waals surface area contributed by atoms with E-state index in [0.717, 1.165) is 18.8 Å². The molecule has 1 spiro atoms. The Balaban J connectivity index is 1.29. The number of hydrogen-bond donors (Lipinski definition) is 0. The first kappa shape index (κ1) is 12.6. The lowest BCUT2D eigenvalue weighted by atomic mass is 9.79. The average Bonchev–Trinajstić information content (AvgIpc) is 3.11. The normalized spacial score (nSPS) is 22.4. The highest BCUT2D eigenvalue weighted by molar-refractivity contribution is 7.07. The Bertz CT molecular complexity index is 543. The fourth-order valence-corrected chi connectivity index (χ4v) is 4.36. The van der Waals surface area contributed by atoms with Crippen molar-refractivity contribution in [3.8, 4) is 0 Å². The molecule has 20 heavy (non-hydrogen) atoms. The van der Waals surface area contributed by atoms with Gasteiger partial charge in [0.25, 0.3) is 0 Å². The third-order valence-electron chi connectivity index (χ3n) is 4.58. The maximum atomic E-state index is 5.43. The summed E-state index contributed by atoms with van der Waals surface area (Å²) in [4.78, 5) is 5.12. The molecule has 106 valence electrons. The van der Waals surface area contributed by atoms with Crippen LogP contribution in [0.2, 0.25) is 0 Å². The first-order chi connectivity index (χ1) is 9.81. The maximum absolute atomic E-state index is 5.43. The maximum Gasteiger partial charge on any atom is 0.117 e. The second-order valence-corrected chi connectivity index (χ2v) is 7.10. The highest BCUT2D eigenvalue weighted by atomic mass is 32.1. The standard InChI is InChI=1S/C16H20N2OS/c1-2-15(19-6-1)9-18-12-16(13-18)4-5-17(11-16)8-14-3-7-20-10-14/h1-3,6-7,10H,4-5,8-9,11-13H2. The molecule has 2 aromatic heterocycles. The molecule has 0 aliphatic carbocycles. The van der Waals surface area contributed by atoms with Gasteiger partial charge in [-0.15, -0.1) is 0 Å². The van der Waals surface area contributed by atoms with Crippen molar-refractivity contribution in [3.05, 3.63) is 46.5 Å². The van der Waals surface area contributed by atoms with Gasteiger partial charge >= 0.3 is 0 Å². The third kappa shape index (κ3) is 2.43. The molecule has 4 rings (SSSR count). The molecular formula is C16H20N2OS. The van der Waals surface area contributed by atoms with E-state index in [4.69, 9.17) is 4.42 Å². The van der Waals surface area contributed by atoms with E-state index < -0.39 is 0 Å². The van der Waals surface area contributed by atoms with Crippen molar-refractivity contribution in [3.63, 3.8) is 0 Å². The van der Waals surface area contributed by atoms with Gasteiger partial charge in [-0.05, 0) is 47.5 Å². The van der Waals surface area contributed by atoms with Gasteiger partial charge in [0.15, 0.2) is 0 Å². The molecule has 4 heteroatoms. The van der Waals surface area contributed by atoms with E-state index in [1.807, 2.05) is 6.07 Å². The molecule has 0 N–H and O–H groups in total. The summed E-state index contributed by atoms with van der Waals surface area (Å²) in [5, 5.41) is 4.45. The minimum Gasteiger partial charge on any atom is -0.468 e. The minimum atomic E-state index is 0.558. The van der Waals surface area contributed by atoms with Crippen LogP contribution in [-0.2, 0) is 13.1 Å². The van der Waals surface area contributed by atoms with E-state index in [-0.39, 0.29) is 0 Å². The second-order valence-electron chi connectivity index (χ2n) is 6.32. The Morgan fingerprint density at radius 1 is 1.15 bits per heavy atom. The predicted octanol–water partition coefficient (Wildman–Crippen LogP) is 3.05. The molecule has 4 heterocycles. The Labute approximate surface area is 123 Å². The smallest absolute Gasteiger partial charge is 0.117 e. The predicted molar refractivity (Wildman–Crippen MR) is 80.6 cm³/mol. The SMILES string of the molecule is c1coc(CN2CC3(CCN(Cc4ccsc4)C3)C2)c1. The van der Waals surface area contributed by atoms with Crippen LogP contribution in [0, 0.1) is 5.41 Å². The van der Waals surface area contributed by atoms with Gasteiger partial charge in [-0.3, -0.25) is 9.80 Å². The number of rotatable bonds is 4. The number of furan rings is 1. The summed E-state index contributed by atoms with van der Waals surface area (Å²) in [6.07, 6.45) is 3.12. The van der Waals surface area contributed by atoms with E-state index in [1.54, 1.807) is 17.6 Å². The Morgan fingerprint density at radius 3 is 2.80 bits per heavy atom. The van der Waals surface area contributed by atoms with Gasteiger partial charge in [0, 0.05) is 31.6 Å². The summed E-state index contributed by atoms with van der Waals surface area (Å²) < 4.78 is 5.43. The summed E-state index contributed by atoms with van der Waals surface area (Å²) in [5.41, 5.74) is 2.03. The lowest BCUT2D eigenvalue weighted by molar-refractivity contribution is -0.00266. The summed E-state index contributed by atoms with van der Waals surface area (Å²) in [7, 11) is 0. The number of likely N-dealkylation sites (tertiary alicyclic amines) is 2. The molecule has 0 amide bonds. The van der Waals surface area contributed by atoms with Crippen LogP contribution >= 0.6 is 11.3 Å². The van der Waals surface area contributed by atoms with Crippen molar-refractivity contribution in [2.24, 2.45) is 5.41 Å². The van der Waals surface area contributed by atoms with Crippen molar-refractivity contribution < 1.29 is 4.42 Å². The fourth-order valence-electron chi connectivity index (χ4n) is 3.70. The molecule has 2 aromatic rings. The van der Waals surface area contributed by atoms with Crippen molar-refractivity contribution in [1.29, 1.82) is 0 Å². The highest BCUT2D eigenvalue weighted by Crippen LogP contribution is 2.40. The van der Waals surface area contributed by atoms with Crippen molar-refractivity contribution in [1.82, 2.24) is 9.80 Å². The van der Waals surface area contributed by atoms with Crippen LogP contribution in [0.15, 0.2) is 39.6 Å². The molecule has 0 atom stereocenters. The zero-order valence-corrected chi connectivity index (χ0v) is 12.4. The Hall–Kier alpha value is -1.10. The van der Waals surface area contributed by atoms with Gasteiger partial charge in [-0.1, -0.05) is 0 Å². The average molecular weight is 288 g/mol.